The van der Waals surface area contributed by atoms with Crippen LogP contribution in [0.4, 0.5) is 11.4 Å². The normalized spacial score (nSPS) is 11.5. The highest BCUT2D eigenvalue weighted by atomic mass is 16.5. The summed E-state index contributed by atoms with van der Waals surface area (Å²) in [6.45, 7) is 17.3. The molecule has 0 aromatic heterocycles. The first-order valence-electron chi connectivity index (χ1n) is 28.9. The predicted octanol–water partition coefficient (Wildman–Crippen LogP) is 18.7. The van der Waals surface area contributed by atoms with Gasteiger partial charge in [0.25, 0.3) is 0 Å². The van der Waals surface area contributed by atoms with Crippen LogP contribution in [0.1, 0.15) is 218 Å². The molecule has 4 rings (SSSR count). The molecule has 0 spiro atoms. The van der Waals surface area contributed by atoms with Crippen LogP contribution in [0.3, 0.4) is 0 Å². The summed E-state index contributed by atoms with van der Waals surface area (Å²) in [4.78, 5) is 9.88. The second-order valence-corrected chi connectivity index (χ2v) is 19.4. The third-order valence-corrected chi connectivity index (χ3v) is 13.0. The van der Waals surface area contributed by atoms with Crippen molar-refractivity contribution in [2.75, 3.05) is 39.6 Å². The summed E-state index contributed by atoms with van der Waals surface area (Å²) in [5.74, 6) is 4.40. The number of hydrogen-bond acceptors (Lipinski definition) is 8. The smallest absolute Gasteiger partial charge is 0.204 e. The summed E-state index contributed by atoms with van der Waals surface area (Å²) < 4.78 is 38.9. The van der Waals surface area contributed by atoms with E-state index in [0.717, 1.165) is 135 Å². The van der Waals surface area contributed by atoms with Crippen LogP contribution < -0.4 is 28.4 Å². The van der Waals surface area contributed by atoms with Gasteiger partial charge in [0.15, 0.2) is 23.0 Å². The summed E-state index contributed by atoms with van der Waals surface area (Å²) in [7, 11) is 0. The van der Waals surface area contributed by atoms with Gasteiger partial charge in [-0.15, -0.1) is 0 Å². The summed E-state index contributed by atoms with van der Waals surface area (Å²) in [5, 5.41) is 0. The summed E-state index contributed by atoms with van der Waals surface area (Å²) >= 11 is 0. The SMILES string of the molecule is CCCCCCOc1ccc(C=Nc2ccc(CCc3ccc(N=Cc4ccc(OCCCCCC)c(OCCCCCC)c4OCCCCCC)cc3)cc2)c(OCCCCCC)c1OCCCCCC. The maximum atomic E-state index is 6.56. The molecule has 0 N–H and O–H groups in total. The van der Waals surface area contributed by atoms with E-state index >= 15 is 0 Å². The first kappa shape index (κ1) is 59.6. The minimum atomic E-state index is 0.632. The Bertz CT molecular complexity index is 1900. The number of ether oxygens (including phenoxy) is 6. The number of aliphatic imine (C=N–C) groups is 2. The Morgan fingerprint density at radius 1 is 0.292 bits per heavy atom. The molecule has 0 heterocycles. The molecule has 72 heavy (non-hydrogen) atoms. The second-order valence-electron chi connectivity index (χ2n) is 19.4. The maximum Gasteiger partial charge on any atom is 0.204 e. The minimum Gasteiger partial charge on any atom is -0.490 e. The van der Waals surface area contributed by atoms with E-state index in [9.17, 15) is 0 Å². The van der Waals surface area contributed by atoms with Gasteiger partial charge in [0.2, 0.25) is 11.5 Å². The fraction of sp³-hybridized carbons (Fsp3) is 0.594. The average Bonchev–Trinajstić information content (AvgIpc) is 3.40. The highest BCUT2D eigenvalue weighted by Crippen LogP contribution is 2.42. The van der Waals surface area contributed by atoms with Crippen molar-refractivity contribution in [3.8, 4) is 34.5 Å². The number of rotatable bonds is 43. The molecule has 0 amide bonds. The van der Waals surface area contributed by atoms with E-state index in [1.165, 1.54) is 88.2 Å². The monoisotopic (exact) mass is 989 g/mol. The highest BCUT2D eigenvalue weighted by molar-refractivity contribution is 5.88. The minimum absolute atomic E-state index is 0.632. The van der Waals surface area contributed by atoms with Gasteiger partial charge in [-0.25, -0.2) is 0 Å². The molecular weight excluding hydrogens is 893 g/mol. The Labute approximate surface area is 438 Å². The van der Waals surface area contributed by atoms with E-state index in [4.69, 9.17) is 38.4 Å². The Morgan fingerprint density at radius 3 is 0.861 bits per heavy atom. The van der Waals surface area contributed by atoms with Gasteiger partial charge in [-0.05, 0) is 111 Å². The van der Waals surface area contributed by atoms with Gasteiger partial charge in [-0.3, -0.25) is 9.98 Å². The molecule has 398 valence electrons. The van der Waals surface area contributed by atoms with Gasteiger partial charge in [0, 0.05) is 23.6 Å². The molecule has 0 saturated carbocycles. The van der Waals surface area contributed by atoms with Gasteiger partial charge >= 0.3 is 0 Å². The fourth-order valence-corrected chi connectivity index (χ4v) is 8.43. The number of nitrogens with zero attached hydrogens (tertiary/aromatic N) is 2. The second kappa shape index (κ2) is 38.6. The van der Waals surface area contributed by atoms with E-state index in [1.54, 1.807) is 0 Å². The molecule has 0 aliphatic heterocycles. The van der Waals surface area contributed by atoms with Crippen LogP contribution in [0.15, 0.2) is 82.8 Å². The molecule has 4 aromatic carbocycles. The summed E-state index contributed by atoms with van der Waals surface area (Å²) in [6, 6.07) is 25.4. The lowest BCUT2D eigenvalue weighted by Crippen LogP contribution is -2.08. The van der Waals surface area contributed by atoms with Crippen LogP contribution in [-0.4, -0.2) is 52.1 Å². The lowest BCUT2D eigenvalue weighted by atomic mass is 10.0. The number of aryl methyl sites for hydroxylation is 2. The van der Waals surface area contributed by atoms with Gasteiger partial charge in [-0.1, -0.05) is 181 Å². The zero-order chi connectivity index (χ0) is 51.1. The predicted molar refractivity (Wildman–Crippen MR) is 306 cm³/mol. The van der Waals surface area contributed by atoms with Crippen LogP contribution in [0.5, 0.6) is 34.5 Å². The molecule has 0 saturated heterocycles. The highest BCUT2D eigenvalue weighted by Gasteiger charge is 2.20. The first-order valence-corrected chi connectivity index (χ1v) is 28.9. The zero-order valence-corrected chi connectivity index (χ0v) is 46.1. The van der Waals surface area contributed by atoms with Crippen molar-refractivity contribution in [1.82, 2.24) is 0 Å². The van der Waals surface area contributed by atoms with Gasteiger partial charge in [0.05, 0.1) is 51.0 Å². The van der Waals surface area contributed by atoms with Crippen LogP contribution in [0, 0.1) is 0 Å². The van der Waals surface area contributed by atoms with Crippen LogP contribution in [-0.2, 0) is 12.8 Å². The van der Waals surface area contributed by atoms with Crippen LogP contribution in [0.25, 0.3) is 0 Å². The largest absolute Gasteiger partial charge is 0.490 e. The van der Waals surface area contributed by atoms with E-state index < -0.39 is 0 Å². The molecule has 0 radical (unpaired) electrons. The van der Waals surface area contributed by atoms with Gasteiger partial charge in [-0.2, -0.15) is 0 Å². The molecule has 8 nitrogen and oxygen atoms in total. The van der Waals surface area contributed by atoms with Crippen molar-refractivity contribution in [2.24, 2.45) is 9.98 Å². The molecule has 0 fully saturated rings. The molecule has 0 aliphatic rings. The van der Waals surface area contributed by atoms with Crippen LogP contribution in [0.2, 0.25) is 0 Å². The molecular formula is C64H96N2O6. The van der Waals surface area contributed by atoms with Crippen molar-refractivity contribution in [3.05, 3.63) is 95.1 Å². The van der Waals surface area contributed by atoms with E-state index in [1.807, 2.05) is 24.6 Å². The molecule has 4 aromatic rings. The third kappa shape index (κ3) is 23.7. The standard InChI is InChI=1S/C64H96N2O6/c1-7-13-19-25-45-67-59-43-37-55(61(69-47-27-21-15-9-3)63(59)71-49-29-23-17-11-5)51-65-57-39-33-53(34-40-57)31-32-54-35-41-58(42-36-54)66-52-56-38-44-60(68-46-26-20-14-8-2)64(72-50-30-24-18-12-6)62(56)70-48-28-22-16-10-4/h33-44,51-52H,7-32,45-50H2,1-6H3. The quantitative estimate of drug-likeness (QED) is 0.0325. The van der Waals surface area contributed by atoms with Crippen molar-refractivity contribution >= 4 is 23.8 Å². The van der Waals surface area contributed by atoms with E-state index in [0.29, 0.717) is 51.1 Å². The zero-order valence-electron chi connectivity index (χ0n) is 46.1. The lowest BCUT2D eigenvalue weighted by Gasteiger charge is -2.19. The Kier molecular flexibility index (Phi) is 32.0. The summed E-state index contributed by atoms with van der Waals surface area (Å²) in [6.07, 6.45) is 33.1. The first-order chi connectivity index (χ1) is 35.5. The maximum absolute atomic E-state index is 6.56. The van der Waals surface area contributed by atoms with Gasteiger partial charge in [0.1, 0.15) is 0 Å². The van der Waals surface area contributed by atoms with E-state index in [-0.39, 0.29) is 0 Å². The molecule has 8 heteroatoms. The lowest BCUT2D eigenvalue weighted by molar-refractivity contribution is 0.234. The average molecular weight is 989 g/mol. The fourth-order valence-electron chi connectivity index (χ4n) is 8.43. The van der Waals surface area contributed by atoms with Crippen molar-refractivity contribution < 1.29 is 28.4 Å². The topological polar surface area (TPSA) is 80.1 Å². The van der Waals surface area contributed by atoms with Gasteiger partial charge < -0.3 is 28.4 Å². The number of benzene rings is 4. The molecule has 0 bridgehead atoms. The van der Waals surface area contributed by atoms with Crippen molar-refractivity contribution in [1.29, 1.82) is 0 Å². The Balaban J connectivity index is 1.45. The summed E-state index contributed by atoms with van der Waals surface area (Å²) in [5.41, 5.74) is 6.13. The number of unbranched alkanes of at least 4 members (excludes halogenated alkanes) is 18. The Morgan fingerprint density at radius 2 is 0.569 bits per heavy atom. The van der Waals surface area contributed by atoms with Crippen molar-refractivity contribution in [3.63, 3.8) is 0 Å². The molecule has 0 unspecified atom stereocenters. The molecule has 0 atom stereocenters. The molecule has 0 aliphatic carbocycles. The van der Waals surface area contributed by atoms with Crippen LogP contribution >= 0.6 is 0 Å². The van der Waals surface area contributed by atoms with E-state index in [2.05, 4.69) is 102 Å². The Hall–Kier alpha value is -4.98. The number of hydrogen-bond donors (Lipinski definition) is 0. The third-order valence-electron chi connectivity index (χ3n) is 13.0. The van der Waals surface area contributed by atoms with Crippen molar-refractivity contribution in [2.45, 2.75) is 208 Å².